The topological polar surface area (TPSA) is 53.5 Å². The lowest BCUT2D eigenvalue weighted by Gasteiger charge is -2.08. The molecule has 36 heavy (non-hydrogen) atoms. The molecule has 0 amide bonds. The summed E-state index contributed by atoms with van der Waals surface area (Å²) >= 11 is 0. The number of aryl methyl sites for hydroxylation is 1. The van der Waals surface area contributed by atoms with E-state index in [0.717, 1.165) is 22.2 Å². The molecule has 0 aliphatic heterocycles. The van der Waals surface area contributed by atoms with Gasteiger partial charge in [0.25, 0.3) is 0 Å². The van der Waals surface area contributed by atoms with Gasteiger partial charge < -0.3 is 9.13 Å². The van der Waals surface area contributed by atoms with Crippen molar-refractivity contribution in [2.24, 2.45) is 7.05 Å². The van der Waals surface area contributed by atoms with Gasteiger partial charge in [0.05, 0.1) is 34.6 Å². The quantitative estimate of drug-likeness (QED) is 0.291. The summed E-state index contributed by atoms with van der Waals surface area (Å²) in [5.41, 5.74) is 7.27. The molecule has 0 aliphatic rings. The van der Waals surface area contributed by atoms with Crippen LogP contribution in [0.2, 0.25) is 0 Å². The van der Waals surface area contributed by atoms with E-state index in [9.17, 15) is 0 Å². The Bertz CT molecular complexity index is 2110. The van der Waals surface area contributed by atoms with Crippen molar-refractivity contribution in [1.29, 1.82) is 0 Å². The van der Waals surface area contributed by atoms with Gasteiger partial charge in [0, 0.05) is 34.3 Å². The highest BCUT2D eigenvalue weighted by atomic mass is 15.2. The van der Waals surface area contributed by atoms with Crippen LogP contribution in [-0.2, 0) is 7.05 Å². The minimum atomic E-state index is 0.624. The molecule has 6 heteroatoms. The fourth-order valence-corrected chi connectivity index (χ4v) is 5.60. The van der Waals surface area contributed by atoms with Gasteiger partial charge in [0.1, 0.15) is 5.52 Å². The second-order valence-corrected chi connectivity index (χ2v) is 9.13. The average molecular weight is 465 g/mol. The van der Waals surface area contributed by atoms with Crippen LogP contribution in [0.4, 0.5) is 0 Å². The predicted octanol–water partition coefficient (Wildman–Crippen LogP) is 6.56. The van der Waals surface area contributed by atoms with Crippen molar-refractivity contribution in [3.63, 3.8) is 0 Å². The Labute approximate surface area is 205 Å². The molecule has 6 nitrogen and oxygen atoms in total. The Kier molecular flexibility index (Phi) is 3.77. The van der Waals surface area contributed by atoms with Crippen LogP contribution in [0, 0.1) is 0 Å². The van der Waals surface area contributed by atoms with Gasteiger partial charge in [-0.05, 0) is 36.4 Å². The van der Waals surface area contributed by atoms with Crippen LogP contribution >= 0.6 is 0 Å². The summed E-state index contributed by atoms with van der Waals surface area (Å²) in [4.78, 5) is 14.1. The highest BCUT2D eigenvalue weighted by molar-refractivity contribution is 6.28. The van der Waals surface area contributed by atoms with Gasteiger partial charge in [-0.15, -0.1) is 0 Å². The zero-order valence-electron chi connectivity index (χ0n) is 19.5. The summed E-state index contributed by atoms with van der Waals surface area (Å²) < 4.78 is 6.45. The fourth-order valence-electron chi connectivity index (χ4n) is 5.60. The van der Waals surface area contributed by atoms with Crippen LogP contribution in [0.5, 0.6) is 0 Å². The van der Waals surface area contributed by atoms with Crippen molar-refractivity contribution in [1.82, 2.24) is 28.7 Å². The van der Waals surface area contributed by atoms with Crippen LogP contribution < -0.4 is 0 Å². The van der Waals surface area contributed by atoms with Crippen LogP contribution in [-0.4, -0.2) is 28.7 Å². The van der Waals surface area contributed by atoms with E-state index in [0.29, 0.717) is 11.6 Å². The van der Waals surface area contributed by atoms with Gasteiger partial charge in [-0.3, -0.25) is 4.57 Å². The SMILES string of the molecule is Cn1cnc2nc(-n3c4ccccc4c4c5c6ccccc6n(-c6ccccc6)c5ccc43)ncc21. The monoisotopic (exact) mass is 464 g/mol. The Morgan fingerprint density at radius 3 is 1.89 bits per heavy atom. The van der Waals surface area contributed by atoms with Gasteiger partial charge in [-0.25, -0.2) is 9.97 Å². The molecule has 0 unspecified atom stereocenters. The predicted molar refractivity (Wildman–Crippen MR) is 145 cm³/mol. The highest BCUT2D eigenvalue weighted by Gasteiger charge is 2.21. The van der Waals surface area contributed by atoms with Gasteiger partial charge in [0.15, 0.2) is 5.65 Å². The van der Waals surface area contributed by atoms with Gasteiger partial charge in [-0.2, -0.15) is 4.98 Å². The molecule has 0 atom stereocenters. The molecule has 0 bridgehead atoms. The number of benzene rings is 4. The van der Waals surface area contributed by atoms with Crippen molar-refractivity contribution in [3.8, 4) is 11.6 Å². The van der Waals surface area contributed by atoms with Crippen LogP contribution in [0.3, 0.4) is 0 Å². The zero-order valence-corrected chi connectivity index (χ0v) is 19.5. The van der Waals surface area contributed by atoms with E-state index >= 15 is 0 Å². The van der Waals surface area contributed by atoms with Crippen molar-refractivity contribution in [3.05, 3.63) is 104 Å². The first kappa shape index (κ1) is 19.3. The van der Waals surface area contributed by atoms with E-state index in [1.807, 2.05) is 17.8 Å². The van der Waals surface area contributed by atoms with Crippen molar-refractivity contribution in [2.45, 2.75) is 0 Å². The van der Waals surface area contributed by atoms with Gasteiger partial charge in [0.2, 0.25) is 5.95 Å². The Morgan fingerprint density at radius 1 is 0.556 bits per heavy atom. The van der Waals surface area contributed by atoms with Crippen LogP contribution in [0.15, 0.2) is 104 Å². The average Bonchev–Trinajstić information content (AvgIpc) is 3.58. The summed E-state index contributed by atoms with van der Waals surface area (Å²) in [6.45, 7) is 0. The summed E-state index contributed by atoms with van der Waals surface area (Å²) in [5.74, 6) is 0.624. The van der Waals surface area contributed by atoms with Crippen LogP contribution in [0.25, 0.3) is 66.4 Å². The first-order chi connectivity index (χ1) is 17.8. The molecule has 0 saturated heterocycles. The number of fused-ring (bicyclic) bond motifs is 8. The second kappa shape index (κ2) is 7.02. The number of hydrogen-bond donors (Lipinski definition) is 0. The minimum absolute atomic E-state index is 0.624. The number of hydrogen-bond acceptors (Lipinski definition) is 3. The molecule has 4 heterocycles. The van der Waals surface area contributed by atoms with E-state index in [-0.39, 0.29) is 0 Å². The number of nitrogens with zero attached hydrogens (tertiary/aromatic N) is 6. The van der Waals surface area contributed by atoms with Crippen molar-refractivity contribution >= 4 is 54.8 Å². The summed E-state index contributed by atoms with van der Waals surface area (Å²) in [6.07, 6.45) is 3.63. The molecule has 0 fully saturated rings. The maximum absolute atomic E-state index is 4.85. The Balaban J connectivity index is 1.56. The van der Waals surface area contributed by atoms with Gasteiger partial charge >= 0.3 is 0 Å². The van der Waals surface area contributed by atoms with Crippen molar-refractivity contribution < 1.29 is 0 Å². The Hall–Kier alpha value is -4.97. The van der Waals surface area contributed by atoms with E-state index in [4.69, 9.17) is 9.97 Å². The maximum atomic E-state index is 4.85. The van der Waals surface area contributed by atoms with Crippen molar-refractivity contribution in [2.75, 3.05) is 0 Å². The van der Waals surface area contributed by atoms with E-state index < -0.39 is 0 Å². The second-order valence-electron chi connectivity index (χ2n) is 9.13. The third-order valence-corrected chi connectivity index (χ3v) is 7.16. The van der Waals surface area contributed by atoms with E-state index in [1.54, 1.807) is 6.33 Å². The molecule has 8 rings (SSSR count). The molecular formula is C30H20N6. The lowest BCUT2D eigenvalue weighted by Crippen LogP contribution is -2.01. The molecule has 170 valence electrons. The first-order valence-corrected chi connectivity index (χ1v) is 11.9. The van der Waals surface area contributed by atoms with E-state index in [2.05, 4.69) is 105 Å². The standard InChI is InChI=1S/C30H20N6/c1-34-18-32-29-26(34)17-31-30(33-29)36-23-14-8-6-12-21(23)28-25(36)16-15-24-27(28)20-11-5-7-13-22(20)35(24)19-9-3-2-4-10-19/h2-18H,1H3. The molecule has 4 aromatic heterocycles. The Morgan fingerprint density at radius 2 is 1.17 bits per heavy atom. The molecule has 4 aromatic carbocycles. The largest absolute Gasteiger partial charge is 0.331 e. The highest BCUT2D eigenvalue weighted by Crippen LogP contribution is 2.41. The zero-order chi connectivity index (χ0) is 23.8. The molecule has 0 saturated carbocycles. The van der Waals surface area contributed by atoms with Gasteiger partial charge in [-0.1, -0.05) is 54.6 Å². The maximum Gasteiger partial charge on any atom is 0.236 e. The summed E-state index contributed by atoms with van der Waals surface area (Å²) in [6, 6.07) is 32.1. The number of para-hydroxylation sites is 3. The van der Waals surface area contributed by atoms with Crippen LogP contribution in [0.1, 0.15) is 0 Å². The molecule has 8 aromatic rings. The summed E-state index contributed by atoms with van der Waals surface area (Å²) in [5, 5.41) is 4.85. The molecule has 0 aliphatic carbocycles. The minimum Gasteiger partial charge on any atom is -0.331 e. The smallest absolute Gasteiger partial charge is 0.236 e. The third kappa shape index (κ3) is 2.47. The molecule has 0 spiro atoms. The summed E-state index contributed by atoms with van der Waals surface area (Å²) in [7, 11) is 1.96. The number of imidazole rings is 1. The third-order valence-electron chi connectivity index (χ3n) is 7.16. The first-order valence-electron chi connectivity index (χ1n) is 11.9. The number of rotatable bonds is 2. The lowest BCUT2D eigenvalue weighted by molar-refractivity contribution is 0.940. The molecule has 0 radical (unpaired) electrons. The fraction of sp³-hybridized carbons (Fsp3) is 0.0333. The lowest BCUT2D eigenvalue weighted by atomic mass is 10.1. The molecule has 0 N–H and O–H groups in total. The molecular weight excluding hydrogens is 444 g/mol. The van der Waals surface area contributed by atoms with E-state index in [1.165, 1.54) is 32.6 Å². The number of aromatic nitrogens is 6. The normalized spacial score (nSPS) is 12.0.